The monoisotopic (exact) mass is 460 g/mol. The van der Waals surface area contributed by atoms with Crippen LogP contribution in [-0.4, -0.2) is 45.9 Å². The Hall–Kier alpha value is -3.07. The standard InChI is InChI=1S/C12H13N3O2.C8H8BrNO2/c1-8-4-5-10(9-6-13-15(2)7-9)11(14-8)12(16)17-3;1-5-3-4-6(9)7(10-5)8(11)12-2/h4-7H,1-3H3;3-4H,1-2H3. The minimum absolute atomic E-state index is 0.317. The highest BCUT2D eigenvalue weighted by atomic mass is 79.9. The van der Waals surface area contributed by atoms with Gasteiger partial charge in [0.15, 0.2) is 11.4 Å². The van der Waals surface area contributed by atoms with E-state index in [2.05, 4.69) is 35.7 Å². The van der Waals surface area contributed by atoms with Crippen molar-refractivity contribution in [1.29, 1.82) is 0 Å². The largest absolute Gasteiger partial charge is 0.464 e. The van der Waals surface area contributed by atoms with Gasteiger partial charge in [0.1, 0.15) is 0 Å². The second-order valence-electron chi connectivity index (χ2n) is 6.02. The minimum atomic E-state index is -0.437. The van der Waals surface area contributed by atoms with E-state index in [0.717, 1.165) is 22.5 Å². The normalized spacial score (nSPS) is 10.0. The van der Waals surface area contributed by atoms with Crippen LogP contribution in [0.5, 0.6) is 0 Å². The van der Waals surface area contributed by atoms with Gasteiger partial charge in [-0.25, -0.2) is 19.6 Å². The number of hydrogen-bond acceptors (Lipinski definition) is 7. The molecule has 3 heterocycles. The van der Waals surface area contributed by atoms with E-state index in [1.165, 1.54) is 14.2 Å². The van der Waals surface area contributed by atoms with Crippen molar-refractivity contribution in [2.24, 2.45) is 7.05 Å². The van der Waals surface area contributed by atoms with Gasteiger partial charge in [0.05, 0.1) is 24.9 Å². The van der Waals surface area contributed by atoms with E-state index in [-0.39, 0.29) is 0 Å². The quantitative estimate of drug-likeness (QED) is 0.551. The Bertz CT molecular complexity index is 1030. The van der Waals surface area contributed by atoms with Gasteiger partial charge in [0, 0.05) is 35.8 Å². The van der Waals surface area contributed by atoms with Crippen molar-refractivity contribution < 1.29 is 19.1 Å². The Morgan fingerprint density at radius 1 is 0.931 bits per heavy atom. The molecule has 0 atom stereocenters. The van der Waals surface area contributed by atoms with E-state index < -0.39 is 11.9 Å². The Morgan fingerprint density at radius 3 is 2.03 bits per heavy atom. The maximum atomic E-state index is 11.7. The van der Waals surface area contributed by atoms with Crippen molar-refractivity contribution in [2.75, 3.05) is 14.2 Å². The van der Waals surface area contributed by atoms with Crippen LogP contribution in [0.4, 0.5) is 0 Å². The first-order chi connectivity index (χ1) is 13.8. The van der Waals surface area contributed by atoms with Crippen LogP contribution in [-0.2, 0) is 16.5 Å². The zero-order chi connectivity index (χ0) is 21.6. The lowest BCUT2D eigenvalue weighted by atomic mass is 10.1. The average molecular weight is 461 g/mol. The molecule has 0 N–H and O–H groups in total. The summed E-state index contributed by atoms with van der Waals surface area (Å²) in [5.74, 6) is -0.863. The highest BCUT2D eigenvalue weighted by Crippen LogP contribution is 2.22. The number of aromatic nitrogens is 4. The van der Waals surface area contributed by atoms with Crippen LogP contribution in [0.1, 0.15) is 32.4 Å². The zero-order valence-corrected chi connectivity index (χ0v) is 18.3. The van der Waals surface area contributed by atoms with E-state index in [9.17, 15) is 9.59 Å². The summed E-state index contributed by atoms with van der Waals surface area (Å²) in [4.78, 5) is 31.0. The second kappa shape index (κ2) is 9.92. The lowest BCUT2D eigenvalue weighted by Crippen LogP contribution is -2.07. The van der Waals surface area contributed by atoms with Gasteiger partial charge in [-0.3, -0.25) is 4.68 Å². The highest BCUT2D eigenvalue weighted by molar-refractivity contribution is 9.10. The number of halogens is 1. The Kier molecular flexibility index (Phi) is 7.60. The molecule has 0 aliphatic carbocycles. The Labute approximate surface area is 177 Å². The molecule has 0 bridgehead atoms. The highest BCUT2D eigenvalue weighted by Gasteiger charge is 2.16. The number of rotatable bonds is 3. The molecule has 3 aromatic heterocycles. The number of methoxy groups -OCH3 is 2. The molecule has 0 aliphatic rings. The molecular formula is C20H21BrN4O4. The number of hydrogen-bond donors (Lipinski definition) is 0. The van der Waals surface area contributed by atoms with Crippen LogP contribution < -0.4 is 0 Å². The molecule has 29 heavy (non-hydrogen) atoms. The third kappa shape index (κ3) is 5.71. The SMILES string of the molecule is COC(=O)c1nc(C)ccc1-c1cnn(C)c1.COC(=O)c1nc(C)ccc1Br. The van der Waals surface area contributed by atoms with Gasteiger partial charge in [0.2, 0.25) is 0 Å². The molecule has 3 aromatic rings. The Morgan fingerprint density at radius 2 is 1.48 bits per heavy atom. The summed E-state index contributed by atoms with van der Waals surface area (Å²) in [5.41, 5.74) is 3.78. The van der Waals surface area contributed by atoms with E-state index in [4.69, 9.17) is 4.74 Å². The fourth-order valence-corrected chi connectivity index (χ4v) is 2.76. The average Bonchev–Trinajstić information content (AvgIpc) is 3.15. The van der Waals surface area contributed by atoms with Crippen LogP contribution in [0.25, 0.3) is 11.1 Å². The van der Waals surface area contributed by atoms with Gasteiger partial charge in [-0.1, -0.05) is 6.07 Å². The molecule has 0 unspecified atom stereocenters. The first-order valence-corrected chi connectivity index (χ1v) is 9.32. The van der Waals surface area contributed by atoms with Gasteiger partial charge < -0.3 is 9.47 Å². The van der Waals surface area contributed by atoms with Crippen molar-refractivity contribution in [2.45, 2.75) is 13.8 Å². The van der Waals surface area contributed by atoms with Crippen LogP contribution >= 0.6 is 15.9 Å². The number of aryl methyl sites for hydroxylation is 3. The number of carbonyl (C=O) groups excluding carboxylic acids is 2. The van der Waals surface area contributed by atoms with Gasteiger partial charge in [-0.15, -0.1) is 0 Å². The van der Waals surface area contributed by atoms with Gasteiger partial charge in [-0.05, 0) is 48.0 Å². The fourth-order valence-electron chi connectivity index (χ4n) is 2.38. The van der Waals surface area contributed by atoms with Gasteiger partial charge in [0.25, 0.3) is 0 Å². The predicted octanol–water partition coefficient (Wildman–Crippen LogP) is 3.52. The van der Waals surface area contributed by atoms with Crippen LogP contribution in [0.2, 0.25) is 0 Å². The molecule has 0 aromatic carbocycles. The van der Waals surface area contributed by atoms with Crippen molar-refractivity contribution in [3.63, 3.8) is 0 Å². The van der Waals surface area contributed by atoms with Crippen molar-refractivity contribution in [1.82, 2.24) is 19.7 Å². The topological polar surface area (TPSA) is 96.2 Å². The molecule has 8 nitrogen and oxygen atoms in total. The van der Waals surface area contributed by atoms with Crippen LogP contribution in [0.3, 0.4) is 0 Å². The molecule has 3 rings (SSSR count). The smallest absolute Gasteiger partial charge is 0.357 e. The maximum absolute atomic E-state index is 11.7. The predicted molar refractivity (Wildman–Crippen MR) is 111 cm³/mol. The molecule has 152 valence electrons. The minimum Gasteiger partial charge on any atom is -0.464 e. The zero-order valence-electron chi connectivity index (χ0n) is 16.8. The number of carbonyl (C=O) groups is 2. The lowest BCUT2D eigenvalue weighted by Gasteiger charge is -2.05. The molecule has 9 heteroatoms. The lowest BCUT2D eigenvalue weighted by molar-refractivity contribution is 0.0585. The summed E-state index contributed by atoms with van der Waals surface area (Å²) in [6.07, 6.45) is 3.53. The second-order valence-corrected chi connectivity index (χ2v) is 6.87. The van der Waals surface area contributed by atoms with Crippen molar-refractivity contribution in [3.05, 3.63) is 63.9 Å². The molecule has 0 amide bonds. The van der Waals surface area contributed by atoms with Crippen molar-refractivity contribution in [3.8, 4) is 11.1 Å². The van der Waals surface area contributed by atoms with E-state index in [1.807, 2.05) is 45.3 Å². The molecule has 0 saturated heterocycles. The number of ether oxygens (including phenoxy) is 2. The number of pyridine rings is 2. The van der Waals surface area contributed by atoms with E-state index in [1.54, 1.807) is 16.9 Å². The molecule has 0 aliphatic heterocycles. The van der Waals surface area contributed by atoms with Crippen molar-refractivity contribution >= 4 is 27.9 Å². The summed E-state index contributed by atoms with van der Waals surface area (Å²) < 4.78 is 11.6. The number of esters is 2. The first-order valence-electron chi connectivity index (χ1n) is 8.53. The van der Waals surface area contributed by atoms with E-state index >= 15 is 0 Å². The Balaban J connectivity index is 0.000000221. The first kappa shape index (κ1) is 22.2. The van der Waals surface area contributed by atoms with Gasteiger partial charge in [-0.2, -0.15) is 5.10 Å². The third-order valence-electron chi connectivity index (χ3n) is 3.79. The summed E-state index contributed by atoms with van der Waals surface area (Å²) >= 11 is 3.21. The molecule has 0 saturated carbocycles. The summed E-state index contributed by atoms with van der Waals surface area (Å²) in [7, 11) is 4.50. The molecule has 0 radical (unpaired) electrons. The van der Waals surface area contributed by atoms with Crippen LogP contribution in [0.15, 0.2) is 41.1 Å². The summed E-state index contributed by atoms with van der Waals surface area (Å²) in [6, 6.07) is 7.30. The molecule has 0 fully saturated rings. The fraction of sp³-hybridized carbons (Fsp3) is 0.250. The van der Waals surface area contributed by atoms with E-state index in [0.29, 0.717) is 15.9 Å². The third-order valence-corrected chi connectivity index (χ3v) is 4.43. The molecular weight excluding hydrogens is 440 g/mol. The summed E-state index contributed by atoms with van der Waals surface area (Å²) in [5, 5.41) is 4.08. The van der Waals surface area contributed by atoms with Crippen LogP contribution in [0, 0.1) is 13.8 Å². The number of nitrogens with zero attached hydrogens (tertiary/aromatic N) is 4. The summed E-state index contributed by atoms with van der Waals surface area (Å²) in [6.45, 7) is 3.65. The molecule has 0 spiro atoms. The van der Waals surface area contributed by atoms with Gasteiger partial charge >= 0.3 is 11.9 Å². The maximum Gasteiger partial charge on any atom is 0.357 e.